The lowest BCUT2D eigenvalue weighted by Crippen LogP contribution is -2.12. The van der Waals surface area contributed by atoms with Crippen molar-refractivity contribution in [2.24, 2.45) is 7.05 Å². The number of sulfonamides is 1. The van der Waals surface area contributed by atoms with Gasteiger partial charge in [0, 0.05) is 17.7 Å². The van der Waals surface area contributed by atoms with Crippen molar-refractivity contribution in [2.45, 2.75) is 11.8 Å². The van der Waals surface area contributed by atoms with Crippen LogP contribution in [-0.4, -0.2) is 18.2 Å². The predicted molar refractivity (Wildman–Crippen MR) is 72.9 cm³/mol. The molecule has 1 N–H and O–H groups in total. The Morgan fingerprint density at radius 3 is 2.67 bits per heavy atom. The maximum atomic E-state index is 12.1. The molecule has 0 fully saturated rings. The molecule has 2 rings (SSSR count). The summed E-state index contributed by atoms with van der Waals surface area (Å²) < 4.78 is 29.1. The summed E-state index contributed by atoms with van der Waals surface area (Å²) in [5.41, 5.74) is 1.31. The number of anilines is 1. The van der Waals surface area contributed by atoms with Gasteiger partial charge in [0.15, 0.2) is 0 Å². The van der Waals surface area contributed by atoms with Gasteiger partial charge in [-0.3, -0.25) is 9.40 Å². The standard InChI is InChI=1S/C11H12BrN3O2S/c1-8-5-10(3-4-11(8)12)18(16,17)14-9-6-13-15(2)7-9/h3-7,14H,1-2H3. The molecule has 0 atom stereocenters. The van der Waals surface area contributed by atoms with E-state index in [9.17, 15) is 8.42 Å². The third-order valence-corrected chi connectivity index (χ3v) is 4.67. The molecule has 1 heterocycles. The van der Waals surface area contributed by atoms with Gasteiger partial charge >= 0.3 is 0 Å². The SMILES string of the molecule is Cc1cc(S(=O)(=O)Nc2cnn(C)c2)ccc1Br. The van der Waals surface area contributed by atoms with E-state index in [-0.39, 0.29) is 4.90 Å². The Bertz CT molecular complexity index is 679. The van der Waals surface area contributed by atoms with E-state index in [0.717, 1.165) is 10.0 Å². The van der Waals surface area contributed by atoms with E-state index in [2.05, 4.69) is 25.8 Å². The molecule has 0 bridgehead atoms. The molecular weight excluding hydrogens is 318 g/mol. The van der Waals surface area contributed by atoms with Crippen LogP contribution in [0.4, 0.5) is 5.69 Å². The summed E-state index contributed by atoms with van der Waals surface area (Å²) in [5.74, 6) is 0. The lowest BCUT2D eigenvalue weighted by molar-refractivity contribution is 0.601. The molecular formula is C11H12BrN3O2S. The number of nitrogens with one attached hydrogen (secondary N) is 1. The van der Waals surface area contributed by atoms with Gasteiger partial charge in [-0.2, -0.15) is 5.10 Å². The highest BCUT2D eigenvalue weighted by molar-refractivity contribution is 9.10. The minimum absolute atomic E-state index is 0.229. The van der Waals surface area contributed by atoms with Gasteiger partial charge in [-0.05, 0) is 30.7 Å². The Balaban J connectivity index is 2.33. The average Bonchev–Trinajstić information content (AvgIpc) is 2.67. The third-order valence-electron chi connectivity index (χ3n) is 2.40. The number of rotatable bonds is 3. The molecule has 0 unspecified atom stereocenters. The molecule has 0 spiro atoms. The molecule has 0 radical (unpaired) electrons. The lowest BCUT2D eigenvalue weighted by atomic mass is 10.2. The predicted octanol–water partition coefficient (Wildman–Crippen LogP) is 2.29. The molecule has 0 saturated carbocycles. The van der Waals surface area contributed by atoms with Crippen LogP contribution in [0.25, 0.3) is 0 Å². The average molecular weight is 330 g/mol. The summed E-state index contributed by atoms with van der Waals surface area (Å²) in [4.78, 5) is 0.229. The van der Waals surface area contributed by atoms with Crippen molar-refractivity contribution in [3.05, 3.63) is 40.6 Å². The Morgan fingerprint density at radius 2 is 2.11 bits per heavy atom. The molecule has 5 nitrogen and oxygen atoms in total. The minimum Gasteiger partial charge on any atom is -0.276 e. The summed E-state index contributed by atoms with van der Waals surface area (Å²) in [5, 5.41) is 3.91. The number of nitrogens with zero attached hydrogens (tertiary/aromatic N) is 2. The first-order chi connectivity index (χ1) is 8.38. The largest absolute Gasteiger partial charge is 0.276 e. The van der Waals surface area contributed by atoms with Gasteiger partial charge in [0.25, 0.3) is 10.0 Å². The van der Waals surface area contributed by atoms with Gasteiger partial charge in [0.1, 0.15) is 0 Å². The summed E-state index contributed by atoms with van der Waals surface area (Å²) in [7, 11) is -1.84. The van der Waals surface area contributed by atoms with E-state index >= 15 is 0 Å². The molecule has 96 valence electrons. The van der Waals surface area contributed by atoms with E-state index in [0.29, 0.717) is 5.69 Å². The fourth-order valence-electron chi connectivity index (χ4n) is 1.47. The second-order valence-corrected chi connectivity index (χ2v) is 6.46. The molecule has 0 aliphatic carbocycles. The van der Waals surface area contributed by atoms with Gasteiger partial charge < -0.3 is 0 Å². The Hall–Kier alpha value is -1.34. The Morgan fingerprint density at radius 1 is 1.39 bits per heavy atom. The van der Waals surface area contributed by atoms with Gasteiger partial charge in [-0.1, -0.05) is 15.9 Å². The van der Waals surface area contributed by atoms with E-state index in [1.54, 1.807) is 31.4 Å². The van der Waals surface area contributed by atoms with Crippen molar-refractivity contribution in [1.82, 2.24) is 9.78 Å². The van der Waals surface area contributed by atoms with Crippen LogP contribution in [0.3, 0.4) is 0 Å². The van der Waals surface area contributed by atoms with Crippen molar-refractivity contribution < 1.29 is 8.42 Å². The highest BCUT2D eigenvalue weighted by atomic mass is 79.9. The maximum absolute atomic E-state index is 12.1. The number of benzene rings is 1. The van der Waals surface area contributed by atoms with Crippen LogP contribution in [0.5, 0.6) is 0 Å². The minimum atomic E-state index is -3.56. The van der Waals surface area contributed by atoms with Gasteiger partial charge in [0.2, 0.25) is 0 Å². The monoisotopic (exact) mass is 329 g/mol. The second kappa shape index (κ2) is 4.74. The van der Waals surface area contributed by atoms with Crippen molar-refractivity contribution in [2.75, 3.05) is 4.72 Å². The van der Waals surface area contributed by atoms with E-state index in [4.69, 9.17) is 0 Å². The summed E-state index contributed by atoms with van der Waals surface area (Å²) >= 11 is 3.34. The molecule has 18 heavy (non-hydrogen) atoms. The fourth-order valence-corrected chi connectivity index (χ4v) is 2.83. The molecule has 0 aliphatic heterocycles. The summed E-state index contributed by atoms with van der Waals surface area (Å²) in [6, 6.07) is 4.88. The van der Waals surface area contributed by atoms with E-state index in [1.165, 1.54) is 10.9 Å². The zero-order valence-electron chi connectivity index (χ0n) is 9.88. The number of halogens is 1. The van der Waals surface area contributed by atoms with Gasteiger partial charge in [-0.15, -0.1) is 0 Å². The normalized spacial score (nSPS) is 11.5. The maximum Gasteiger partial charge on any atom is 0.262 e. The fraction of sp³-hybridized carbons (Fsp3) is 0.182. The van der Waals surface area contributed by atoms with Crippen molar-refractivity contribution in [3.8, 4) is 0 Å². The van der Waals surface area contributed by atoms with Crippen LogP contribution in [-0.2, 0) is 17.1 Å². The first kappa shape index (κ1) is 13.1. The molecule has 7 heteroatoms. The van der Waals surface area contributed by atoms with Crippen molar-refractivity contribution >= 4 is 31.6 Å². The van der Waals surface area contributed by atoms with Crippen molar-refractivity contribution in [1.29, 1.82) is 0 Å². The van der Waals surface area contributed by atoms with Crippen LogP contribution in [0, 0.1) is 6.92 Å². The van der Waals surface area contributed by atoms with Crippen LogP contribution in [0.15, 0.2) is 40.0 Å². The first-order valence-electron chi connectivity index (χ1n) is 5.16. The summed E-state index contributed by atoms with van der Waals surface area (Å²) in [6.45, 7) is 1.84. The summed E-state index contributed by atoms with van der Waals surface area (Å²) in [6.07, 6.45) is 3.06. The number of hydrogen-bond acceptors (Lipinski definition) is 3. The van der Waals surface area contributed by atoms with Crippen LogP contribution in [0.2, 0.25) is 0 Å². The van der Waals surface area contributed by atoms with E-state index < -0.39 is 10.0 Å². The molecule has 0 saturated heterocycles. The van der Waals surface area contributed by atoms with Crippen molar-refractivity contribution in [3.63, 3.8) is 0 Å². The quantitative estimate of drug-likeness (QED) is 0.939. The number of hydrogen-bond donors (Lipinski definition) is 1. The third kappa shape index (κ3) is 2.73. The molecule has 0 aliphatic rings. The smallest absolute Gasteiger partial charge is 0.262 e. The molecule has 0 amide bonds. The number of aryl methyl sites for hydroxylation is 2. The molecule has 2 aromatic rings. The van der Waals surface area contributed by atoms with Crippen LogP contribution >= 0.6 is 15.9 Å². The molecule has 1 aromatic heterocycles. The van der Waals surface area contributed by atoms with Crippen LogP contribution in [0.1, 0.15) is 5.56 Å². The highest BCUT2D eigenvalue weighted by Gasteiger charge is 2.15. The van der Waals surface area contributed by atoms with Gasteiger partial charge in [0.05, 0.1) is 16.8 Å². The van der Waals surface area contributed by atoms with Crippen LogP contribution < -0.4 is 4.72 Å². The second-order valence-electron chi connectivity index (χ2n) is 3.92. The zero-order valence-corrected chi connectivity index (χ0v) is 12.3. The first-order valence-corrected chi connectivity index (χ1v) is 7.44. The molecule has 1 aromatic carbocycles. The lowest BCUT2D eigenvalue weighted by Gasteiger charge is -2.07. The van der Waals surface area contributed by atoms with Gasteiger partial charge in [-0.25, -0.2) is 8.42 Å². The highest BCUT2D eigenvalue weighted by Crippen LogP contribution is 2.21. The number of aromatic nitrogens is 2. The van der Waals surface area contributed by atoms with E-state index in [1.807, 2.05) is 6.92 Å². The Kier molecular flexibility index (Phi) is 3.45. The topological polar surface area (TPSA) is 64.0 Å². The Labute approximate surface area is 114 Å². The zero-order chi connectivity index (χ0) is 13.3.